The summed E-state index contributed by atoms with van der Waals surface area (Å²) in [5.74, 6) is 1.88. The number of carboxylic acid groups (broad SMARTS) is 1. The Morgan fingerprint density at radius 3 is 1.43 bits per heavy atom. The number of rotatable bonds is 13. The Kier molecular flexibility index (Phi) is 10.9. The van der Waals surface area contributed by atoms with Crippen LogP contribution < -0.4 is 18.9 Å². The molecule has 8 heteroatoms. The zero-order chi connectivity index (χ0) is 35.1. The molecular formula is C41H43NO7. The summed E-state index contributed by atoms with van der Waals surface area (Å²) >= 11 is 0. The highest BCUT2D eigenvalue weighted by Crippen LogP contribution is 2.43. The first kappa shape index (κ1) is 35.0. The van der Waals surface area contributed by atoms with Crippen molar-refractivity contribution in [3.8, 4) is 45.3 Å². The number of nitrogens with zero attached hydrogens (tertiary/aromatic N) is 1. The molecular weight excluding hydrogens is 618 g/mol. The Morgan fingerprint density at radius 2 is 1.04 bits per heavy atom. The van der Waals surface area contributed by atoms with Crippen LogP contribution in [0.5, 0.6) is 23.0 Å². The Labute approximate surface area is 288 Å². The number of carbonyl (C=O) groups is 1. The summed E-state index contributed by atoms with van der Waals surface area (Å²) in [7, 11) is 3.28. The Hall–Kier alpha value is -5.34. The molecule has 1 heterocycles. The fourth-order valence-corrected chi connectivity index (χ4v) is 5.64. The van der Waals surface area contributed by atoms with Gasteiger partial charge in [0.15, 0.2) is 6.10 Å². The fourth-order valence-electron chi connectivity index (χ4n) is 5.64. The molecule has 0 saturated carbocycles. The maximum Gasteiger partial charge on any atom is 0.337 e. The number of aliphatic carboxylic acids is 1. The maximum atomic E-state index is 12.8. The third-order valence-corrected chi connectivity index (χ3v) is 7.98. The van der Waals surface area contributed by atoms with Gasteiger partial charge in [-0.15, -0.1) is 0 Å². The third kappa shape index (κ3) is 8.77. The molecule has 0 saturated heterocycles. The number of aryl methyl sites for hydroxylation is 2. The van der Waals surface area contributed by atoms with Crippen LogP contribution in [0.25, 0.3) is 22.3 Å². The largest absolute Gasteiger partial charge is 0.497 e. The molecule has 0 amide bonds. The third-order valence-electron chi connectivity index (χ3n) is 7.98. The van der Waals surface area contributed by atoms with Gasteiger partial charge in [-0.25, -0.2) is 4.79 Å². The topological polar surface area (TPSA) is 96.3 Å². The predicted molar refractivity (Wildman–Crippen MR) is 190 cm³/mol. The molecule has 1 aromatic heterocycles. The molecule has 4 aromatic carbocycles. The lowest BCUT2D eigenvalue weighted by Gasteiger charge is -2.29. The average molecular weight is 662 g/mol. The van der Waals surface area contributed by atoms with E-state index >= 15 is 0 Å². The van der Waals surface area contributed by atoms with Crippen LogP contribution in [-0.2, 0) is 22.7 Å². The van der Waals surface area contributed by atoms with Gasteiger partial charge < -0.3 is 28.8 Å². The van der Waals surface area contributed by atoms with E-state index in [0.717, 1.165) is 50.6 Å². The molecule has 5 aromatic rings. The van der Waals surface area contributed by atoms with Gasteiger partial charge in [0, 0.05) is 22.5 Å². The van der Waals surface area contributed by atoms with Gasteiger partial charge in [-0.1, -0.05) is 48.5 Å². The van der Waals surface area contributed by atoms with Gasteiger partial charge in [-0.3, -0.25) is 4.98 Å². The van der Waals surface area contributed by atoms with Crippen molar-refractivity contribution in [1.29, 1.82) is 0 Å². The lowest BCUT2D eigenvalue weighted by molar-refractivity contribution is -0.160. The zero-order valence-electron chi connectivity index (χ0n) is 29.1. The molecule has 0 bridgehead atoms. The zero-order valence-corrected chi connectivity index (χ0v) is 29.1. The maximum absolute atomic E-state index is 12.8. The van der Waals surface area contributed by atoms with E-state index in [1.54, 1.807) is 14.2 Å². The average Bonchev–Trinajstić information content (AvgIpc) is 3.09. The van der Waals surface area contributed by atoms with Crippen LogP contribution in [0.2, 0.25) is 0 Å². The van der Waals surface area contributed by atoms with E-state index in [1.165, 1.54) is 0 Å². The minimum Gasteiger partial charge on any atom is -0.497 e. The van der Waals surface area contributed by atoms with Crippen LogP contribution in [-0.4, -0.2) is 35.9 Å². The smallest absolute Gasteiger partial charge is 0.337 e. The number of hydrogen-bond acceptors (Lipinski definition) is 7. The number of hydrogen-bond donors (Lipinski definition) is 1. The van der Waals surface area contributed by atoms with Crippen molar-refractivity contribution in [2.45, 2.75) is 59.5 Å². The van der Waals surface area contributed by atoms with Gasteiger partial charge in [-0.05, 0) is 111 Å². The number of aromatic nitrogens is 1. The van der Waals surface area contributed by atoms with E-state index in [1.807, 2.05) is 132 Å². The number of pyridine rings is 1. The van der Waals surface area contributed by atoms with E-state index in [9.17, 15) is 9.90 Å². The lowest BCUT2D eigenvalue weighted by Crippen LogP contribution is -2.28. The van der Waals surface area contributed by atoms with E-state index in [-0.39, 0.29) is 0 Å². The number of carboxylic acids is 1. The van der Waals surface area contributed by atoms with Crippen LogP contribution in [0.4, 0.5) is 0 Å². The Balaban J connectivity index is 1.51. The molecule has 49 heavy (non-hydrogen) atoms. The van der Waals surface area contributed by atoms with Crippen molar-refractivity contribution < 1.29 is 33.6 Å². The first-order valence-corrected chi connectivity index (χ1v) is 16.1. The standard InChI is InChI=1S/C41H43NO7/c1-26-36(30-12-20-34(21-13-30)47-24-28-8-16-32(45-6)17-9-28)38(37(27(2)42-26)39(40(43)44)49-41(3,4)5)31-14-22-35(23-15-31)48-25-29-10-18-33(46-7)19-11-29/h8-23,39H,24-25H2,1-7H3,(H,43,44)/t39-/m0/s1. The summed E-state index contributed by atoms with van der Waals surface area (Å²) < 4.78 is 28.9. The van der Waals surface area contributed by atoms with Crippen LogP contribution >= 0.6 is 0 Å². The summed E-state index contributed by atoms with van der Waals surface area (Å²) in [6.07, 6.45) is -1.25. The van der Waals surface area contributed by atoms with E-state index in [0.29, 0.717) is 36.0 Å². The second-order valence-electron chi connectivity index (χ2n) is 12.7. The second kappa shape index (κ2) is 15.3. The molecule has 0 aliphatic heterocycles. The number of benzene rings is 4. The van der Waals surface area contributed by atoms with Crippen molar-refractivity contribution in [3.05, 3.63) is 125 Å². The Morgan fingerprint density at radius 1 is 0.633 bits per heavy atom. The van der Waals surface area contributed by atoms with E-state index in [4.69, 9.17) is 28.7 Å². The molecule has 0 fully saturated rings. The van der Waals surface area contributed by atoms with E-state index < -0.39 is 17.7 Å². The number of methoxy groups -OCH3 is 2. The Bertz CT molecular complexity index is 1860. The minimum absolute atomic E-state index is 0.390. The minimum atomic E-state index is -1.25. The van der Waals surface area contributed by atoms with Crippen LogP contribution in [0, 0.1) is 13.8 Å². The van der Waals surface area contributed by atoms with Gasteiger partial charge in [0.05, 0.1) is 19.8 Å². The monoisotopic (exact) mass is 661 g/mol. The SMILES string of the molecule is COc1ccc(COc2ccc(-c3c(C)nc(C)c([C@H](OC(C)(C)C)C(=O)O)c3-c3ccc(OCc4ccc(OC)cc4)cc3)cc2)cc1. The van der Waals surface area contributed by atoms with E-state index in [2.05, 4.69) is 0 Å². The summed E-state index contributed by atoms with van der Waals surface area (Å²) in [4.78, 5) is 17.7. The normalized spacial score (nSPS) is 11.9. The lowest BCUT2D eigenvalue weighted by atomic mass is 9.86. The highest BCUT2D eigenvalue weighted by atomic mass is 16.5. The van der Waals surface area contributed by atoms with Crippen LogP contribution in [0.1, 0.15) is 55.0 Å². The molecule has 0 radical (unpaired) electrons. The first-order chi connectivity index (χ1) is 23.5. The van der Waals surface area contributed by atoms with Crippen molar-refractivity contribution >= 4 is 5.97 Å². The van der Waals surface area contributed by atoms with Gasteiger partial charge in [0.25, 0.3) is 0 Å². The van der Waals surface area contributed by atoms with Crippen molar-refractivity contribution in [1.82, 2.24) is 4.98 Å². The summed E-state index contributed by atoms with van der Waals surface area (Å²) in [6, 6.07) is 30.9. The molecule has 0 aliphatic carbocycles. The number of ether oxygens (including phenoxy) is 5. The molecule has 1 N–H and O–H groups in total. The van der Waals surface area contributed by atoms with Crippen molar-refractivity contribution in [2.75, 3.05) is 14.2 Å². The molecule has 1 atom stereocenters. The van der Waals surface area contributed by atoms with Crippen LogP contribution in [0.3, 0.4) is 0 Å². The predicted octanol–water partition coefficient (Wildman–Crippen LogP) is 9.15. The summed E-state index contributed by atoms with van der Waals surface area (Å²) in [5.41, 5.74) is 6.43. The summed E-state index contributed by atoms with van der Waals surface area (Å²) in [6.45, 7) is 10.1. The van der Waals surface area contributed by atoms with Gasteiger partial charge in [-0.2, -0.15) is 0 Å². The van der Waals surface area contributed by atoms with Gasteiger partial charge in [0.1, 0.15) is 36.2 Å². The van der Waals surface area contributed by atoms with Gasteiger partial charge >= 0.3 is 5.97 Å². The van der Waals surface area contributed by atoms with Crippen molar-refractivity contribution in [3.63, 3.8) is 0 Å². The quantitative estimate of drug-likeness (QED) is 0.133. The van der Waals surface area contributed by atoms with Gasteiger partial charge in [0.2, 0.25) is 0 Å². The summed E-state index contributed by atoms with van der Waals surface area (Å²) in [5, 5.41) is 10.5. The highest BCUT2D eigenvalue weighted by Gasteiger charge is 2.33. The molecule has 0 unspecified atom stereocenters. The first-order valence-electron chi connectivity index (χ1n) is 16.1. The molecule has 0 spiro atoms. The van der Waals surface area contributed by atoms with Crippen LogP contribution in [0.15, 0.2) is 97.1 Å². The molecule has 8 nitrogen and oxygen atoms in total. The molecule has 254 valence electrons. The fraction of sp³-hybridized carbons (Fsp3) is 0.268. The second-order valence-corrected chi connectivity index (χ2v) is 12.7. The molecule has 5 rings (SSSR count). The molecule has 0 aliphatic rings. The van der Waals surface area contributed by atoms with Crippen molar-refractivity contribution in [2.24, 2.45) is 0 Å². The highest BCUT2D eigenvalue weighted by molar-refractivity contribution is 5.91.